The molecule has 2 aromatic carbocycles. The summed E-state index contributed by atoms with van der Waals surface area (Å²) in [5, 5.41) is 8.76. The number of rotatable bonds is 6. The van der Waals surface area contributed by atoms with Gasteiger partial charge in [0.15, 0.2) is 9.84 Å². The minimum atomic E-state index is -3.58. The molecule has 25 heavy (non-hydrogen) atoms. The summed E-state index contributed by atoms with van der Waals surface area (Å²) in [4.78, 5) is 13.6. The Morgan fingerprint density at radius 2 is 1.64 bits per heavy atom. The Kier molecular flexibility index (Phi) is 6.34. The maximum atomic E-state index is 12.2. The molecule has 0 aliphatic rings. The van der Waals surface area contributed by atoms with Gasteiger partial charge in [-0.3, -0.25) is 4.79 Å². The second kappa shape index (κ2) is 8.28. The zero-order valence-corrected chi connectivity index (χ0v) is 16.0. The van der Waals surface area contributed by atoms with Crippen LogP contribution in [0.15, 0.2) is 53.0 Å². The van der Waals surface area contributed by atoms with Crippen molar-refractivity contribution in [2.45, 2.75) is 12.3 Å². The van der Waals surface area contributed by atoms with Crippen molar-refractivity contribution >= 4 is 31.7 Å². The highest BCUT2D eigenvalue weighted by Crippen LogP contribution is 2.13. The van der Waals surface area contributed by atoms with Crippen LogP contribution in [0.5, 0.6) is 0 Å². The number of carbonyl (C=O) groups excluding carboxylic acids is 1. The number of halogens is 1. The van der Waals surface area contributed by atoms with Crippen LogP contribution in [0.25, 0.3) is 0 Å². The third-order valence-electron chi connectivity index (χ3n) is 3.57. The molecular formula is C18H17BrN2O3S. The van der Waals surface area contributed by atoms with Crippen LogP contribution in [0.1, 0.15) is 16.7 Å². The molecule has 0 fully saturated rings. The molecule has 0 saturated heterocycles. The van der Waals surface area contributed by atoms with Crippen LogP contribution < -0.4 is 0 Å². The summed E-state index contributed by atoms with van der Waals surface area (Å²) in [5.74, 6) is -1.21. The van der Waals surface area contributed by atoms with Crippen molar-refractivity contribution < 1.29 is 13.2 Å². The van der Waals surface area contributed by atoms with Crippen molar-refractivity contribution in [2.24, 2.45) is 0 Å². The Morgan fingerprint density at radius 1 is 1.08 bits per heavy atom. The average Bonchev–Trinajstić information content (AvgIpc) is 2.56. The molecule has 1 amide bonds. The van der Waals surface area contributed by atoms with Crippen LogP contribution in [-0.2, 0) is 26.9 Å². The molecular weight excluding hydrogens is 404 g/mol. The zero-order valence-electron chi connectivity index (χ0n) is 13.6. The number of nitrogens with zero attached hydrogens (tertiary/aromatic N) is 2. The van der Waals surface area contributed by atoms with Crippen molar-refractivity contribution in [1.82, 2.24) is 4.90 Å². The van der Waals surface area contributed by atoms with E-state index in [1.165, 1.54) is 4.90 Å². The Bertz CT molecular complexity index is 885. The number of nitriles is 1. The maximum absolute atomic E-state index is 12.2. The largest absolute Gasteiger partial charge is 0.341 e. The fourth-order valence-corrected chi connectivity index (χ4v) is 3.89. The standard InChI is InChI=1S/C18H17BrN2O3S/c1-21(11-15-6-8-17(19)9-7-15)18(22)13-25(23,24)12-16-4-2-14(10-20)3-5-16/h2-9H,11-13H2,1H3. The summed E-state index contributed by atoms with van der Waals surface area (Å²) < 4.78 is 25.4. The van der Waals surface area contributed by atoms with E-state index in [0.717, 1.165) is 10.0 Å². The van der Waals surface area contributed by atoms with Crippen molar-refractivity contribution in [3.8, 4) is 6.07 Å². The fourth-order valence-electron chi connectivity index (χ4n) is 2.23. The van der Waals surface area contributed by atoms with Crippen molar-refractivity contribution in [3.05, 3.63) is 69.7 Å². The highest BCUT2D eigenvalue weighted by molar-refractivity contribution is 9.10. The summed E-state index contributed by atoms with van der Waals surface area (Å²) in [5.41, 5.74) is 1.94. The summed E-state index contributed by atoms with van der Waals surface area (Å²) >= 11 is 3.34. The van der Waals surface area contributed by atoms with Gasteiger partial charge in [0.25, 0.3) is 0 Å². The molecule has 0 N–H and O–H groups in total. The van der Waals surface area contributed by atoms with Gasteiger partial charge in [0.1, 0.15) is 5.75 Å². The van der Waals surface area contributed by atoms with E-state index in [2.05, 4.69) is 15.9 Å². The van der Waals surface area contributed by atoms with E-state index in [-0.39, 0.29) is 5.75 Å². The monoisotopic (exact) mass is 420 g/mol. The van der Waals surface area contributed by atoms with Gasteiger partial charge in [0, 0.05) is 18.1 Å². The summed E-state index contributed by atoms with van der Waals surface area (Å²) in [6.45, 7) is 0.346. The van der Waals surface area contributed by atoms with E-state index in [1.54, 1.807) is 31.3 Å². The van der Waals surface area contributed by atoms with Crippen LogP contribution in [0, 0.1) is 11.3 Å². The van der Waals surface area contributed by atoms with Gasteiger partial charge in [0.2, 0.25) is 5.91 Å². The first kappa shape index (κ1) is 19.2. The highest BCUT2D eigenvalue weighted by atomic mass is 79.9. The molecule has 0 aliphatic carbocycles. The predicted octanol–water partition coefficient (Wildman–Crippen LogP) is 2.89. The maximum Gasteiger partial charge on any atom is 0.237 e. The first-order valence-electron chi connectivity index (χ1n) is 7.47. The molecule has 0 aliphatic heterocycles. The summed E-state index contributed by atoms with van der Waals surface area (Å²) in [7, 11) is -1.99. The molecule has 0 saturated carbocycles. The molecule has 2 rings (SSSR count). The molecule has 0 radical (unpaired) electrons. The zero-order chi connectivity index (χ0) is 18.4. The topological polar surface area (TPSA) is 78.2 Å². The number of carbonyl (C=O) groups is 1. The first-order valence-corrected chi connectivity index (χ1v) is 10.1. The van der Waals surface area contributed by atoms with Crippen LogP contribution in [0.4, 0.5) is 0 Å². The molecule has 5 nitrogen and oxygen atoms in total. The molecule has 0 bridgehead atoms. The van der Waals surface area contributed by atoms with Gasteiger partial charge in [-0.1, -0.05) is 40.2 Å². The number of amides is 1. The van der Waals surface area contributed by atoms with Crippen molar-refractivity contribution in [2.75, 3.05) is 12.8 Å². The summed E-state index contributed by atoms with van der Waals surface area (Å²) in [6.07, 6.45) is 0. The lowest BCUT2D eigenvalue weighted by atomic mass is 10.2. The number of benzene rings is 2. The van der Waals surface area contributed by atoms with Crippen LogP contribution in [0.2, 0.25) is 0 Å². The Balaban J connectivity index is 1.97. The Morgan fingerprint density at radius 3 is 2.20 bits per heavy atom. The van der Waals surface area contributed by atoms with Gasteiger partial charge >= 0.3 is 0 Å². The SMILES string of the molecule is CN(Cc1ccc(Br)cc1)C(=O)CS(=O)(=O)Cc1ccc(C#N)cc1. The summed E-state index contributed by atoms with van der Waals surface area (Å²) in [6, 6.07) is 15.8. The molecule has 0 heterocycles. The van der Waals surface area contributed by atoms with E-state index in [0.29, 0.717) is 17.7 Å². The third-order valence-corrected chi connectivity index (χ3v) is 5.56. The van der Waals surface area contributed by atoms with Gasteiger partial charge in [0.05, 0.1) is 17.4 Å². The smallest absolute Gasteiger partial charge is 0.237 e. The lowest BCUT2D eigenvalue weighted by Gasteiger charge is -2.17. The number of hydrogen-bond donors (Lipinski definition) is 0. The van der Waals surface area contributed by atoms with Gasteiger partial charge in [-0.15, -0.1) is 0 Å². The van der Waals surface area contributed by atoms with E-state index in [4.69, 9.17) is 5.26 Å². The molecule has 0 unspecified atom stereocenters. The van der Waals surface area contributed by atoms with E-state index < -0.39 is 21.5 Å². The van der Waals surface area contributed by atoms with E-state index >= 15 is 0 Å². The third kappa shape index (κ3) is 6.00. The fraction of sp³-hybridized carbons (Fsp3) is 0.222. The Labute approximate surface area is 155 Å². The van der Waals surface area contributed by atoms with Crippen molar-refractivity contribution in [1.29, 1.82) is 5.26 Å². The number of hydrogen-bond acceptors (Lipinski definition) is 4. The second-order valence-corrected chi connectivity index (χ2v) is 8.70. The normalized spacial score (nSPS) is 10.9. The predicted molar refractivity (Wildman–Crippen MR) is 99.3 cm³/mol. The molecule has 0 atom stereocenters. The van der Waals surface area contributed by atoms with Gasteiger partial charge in [-0.25, -0.2) is 8.42 Å². The lowest BCUT2D eigenvalue weighted by Crippen LogP contribution is -2.32. The van der Waals surface area contributed by atoms with Crippen LogP contribution in [-0.4, -0.2) is 32.0 Å². The molecule has 0 aromatic heterocycles. The van der Waals surface area contributed by atoms with Gasteiger partial charge in [-0.2, -0.15) is 5.26 Å². The van der Waals surface area contributed by atoms with Crippen LogP contribution in [0.3, 0.4) is 0 Å². The minimum absolute atomic E-state index is 0.226. The molecule has 0 spiro atoms. The first-order chi connectivity index (χ1) is 11.8. The van der Waals surface area contributed by atoms with Crippen LogP contribution >= 0.6 is 15.9 Å². The van der Waals surface area contributed by atoms with Crippen molar-refractivity contribution in [3.63, 3.8) is 0 Å². The quantitative estimate of drug-likeness (QED) is 0.719. The lowest BCUT2D eigenvalue weighted by molar-refractivity contribution is -0.127. The molecule has 130 valence electrons. The second-order valence-electron chi connectivity index (χ2n) is 5.72. The van der Waals surface area contributed by atoms with Gasteiger partial charge < -0.3 is 4.90 Å². The average molecular weight is 421 g/mol. The molecule has 2 aromatic rings. The van der Waals surface area contributed by atoms with E-state index in [1.807, 2.05) is 30.3 Å². The van der Waals surface area contributed by atoms with E-state index in [9.17, 15) is 13.2 Å². The van der Waals surface area contributed by atoms with Gasteiger partial charge in [-0.05, 0) is 35.4 Å². The Hall–Kier alpha value is -2.17. The molecule has 7 heteroatoms. The number of sulfone groups is 1. The minimum Gasteiger partial charge on any atom is -0.341 e. The highest BCUT2D eigenvalue weighted by Gasteiger charge is 2.20.